The fourth-order valence-electron chi connectivity index (χ4n) is 2.95. The maximum atomic E-state index is 12.6. The number of ether oxygens (including phenoxy) is 1. The molecule has 3 aromatic rings. The first-order valence-electron chi connectivity index (χ1n) is 10.0. The number of para-hydroxylation sites is 2. The lowest BCUT2D eigenvalue weighted by Crippen LogP contribution is -2.23. The van der Waals surface area contributed by atoms with Crippen LogP contribution in [0, 0.1) is 0 Å². The predicted octanol–water partition coefficient (Wildman–Crippen LogP) is 4.02. The normalized spacial score (nSPS) is 11.1. The number of carbonyl (C=O) groups is 2. The summed E-state index contributed by atoms with van der Waals surface area (Å²) in [7, 11) is -3.73. The van der Waals surface area contributed by atoms with E-state index < -0.39 is 10.0 Å². The average Bonchev–Trinajstić information content (AvgIpc) is 2.79. The van der Waals surface area contributed by atoms with E-state index in [-0.39, 0.29) is 23.1 Å². The lowest BCUT2D eigenvalue weighted by molar-refractivity contribution is 0.101. The van der Waals surface area contributed by atoms with Gasteiger partial charge in [0.2, 0.25) is 10.0 Å². The van der Waals surface area contributed by atoms with Crippen molar-refractivity contribution in [1.82, 2.24) is 4.72 Å². The summed E-state index contributed by atoms with van der Waals surface area (Å²) >= 11 is 0. The van der Waals surface area contributed by atoms with Gasteiger partial charge in [0, 0.05) is 17.7 Å². The molecule has 0 unspecified atom stereocenters. The number of hydrogen-bond acceptors (Lipinski definition) is 5. The Labute approximate surface area is 187 Å². The SMILES string of the molecule is CCOc1ccccc1NC(=O)c1ccc(CNS(=O)(=O)c2ccc(C(C)=O)cc2)cc1. The van der Waals surface area contributed by atoms with E-state index in [1.165, 1.54) is 31.2 Å². The molecular weight excluding hydrogens is 428 g/mol. The highest BCUT2D eigenvalue weighted by molar-refractivity contribution is 7.89. The van der Waals surface area contributed by atoms with Gasteiger partial charge < -0.3 is 10.1 Å². The fraction of sp³-hybridized carbons (Fsp3) is 0.167. The molecule has 166 valence electrons. The highest BCUT2D eigenvalue weighted by Gasteiger charge is 2.15. The molecule has 0 spiro atoms. The monoisotopic (exact) mass is 452 g/mol. The molecule has 7 nitrogen and oxygen atoms in total. The van der Waals surface area contributed by atoms with E-state index >= 15 is 0 Å². The first kappa shape index (κ1) is 23.2. The average molecular weight is 453 g/mol. The van der Waals surface area contributed by atoms with Crippen LogP contribution in [-0.4, -0.2) is 26.7 Å². The first-order valence-corrected chi connectivity index (χ1v) is 11.5. The molecule has 8 heteroatoms. The Balaban J connectivity index is 1.63. The van der Waals surface area contributed by atoms with E-state index in [2.05, 4.69) is 10.0 Å². The summed E-state index contributed by atoms with van der Waals surface area (Å²) < 4.78 is 33.0. The molecule has 1 amide bonds. The Morgan fingerprint density at radius 2 is 1.50 bits per heavy atom. The van der Waals surface area contributed by atoms with Crippen LogP contribution < -0.4 is 14.8 Å². The van der Waals surface area contributed by atoms with Gasteiger partial charge in [-0.05, 0) is 55.8 Å². The number of carbonyl (C=O) groups excluding carboxylic acids is 2. The van der Waals surface area contributed by atoms with Gasteiger partial charge in [-0.3, -0.25) is 9.59 Å². The minimum Gasteiger partial charge on any atom is -0.492 e. The summed E-state index contributed by atoms with van der Waals surface area (Å²) in [6, 6.07) is 19.6. The maximum absolute atomic E-state index is 12.6. The van der Waals surface area contributed by atoms with Crippen molar-refractivity contribution in [2.45, 2.75) is 25.3 Å². The zero-order valence-electron chi connectivity index (χ0n) is 17.8. The van der Waals surface area contributed by atoms with Gasteiger partial charge in [-0.25, -0.2) is 13.1 Å². The number of hydrogen-bond donors (Lipinski definition) is 2. The third-order valence-corrected chi connectivity index (χ3v) is 6.11. The van der Waals surface area contributed by atoms with E-state index in [4.69, 9.17) is 4.74 Å². The third kappa shape index (κ3) is 5.81. The molecular formula is C24H24N2O5S. The van der Waals surface area contributed by atoms with Crippen molar-refractivity contribution in [3.8, 4) is 5.75 Å². The third-order valence-electron chi connectivity index (χ3n) is 4.69. The fourth-order valence-corrected chi connectivity index (χ4v) is 3.97. The van der Waals surface area contributed by atoms with Gasteiger partial charge in [0.05, 0.1) is 17.2 Å². The van der Waals surface area contributed by atoms with Crippen molar-refractivity contribution < 1.29 is 22.7 Å². The number of sulfonamides is 1. The van der Waals surface area contributed by atoms with Gasteiger partial charge in [-0.2, -0.15) is 0 Å². The topological polar surface area (TPSA) is 102 Å². The van der Waals surface area contributed by atoms with E-state index in [0.717, 1.165) is 0 Å². The van der Waals surface area contributed by atoms with Crippen molar-refractivity contribution in [2.75, 3.05) is 11.9 Å². The van der Waals surface area contributed by atoms with E-state index in [1.807, 2.05) is 13.0 Å². The van der Waals surface area contributed by atoms with Crippen LogP contribution in [0.3, 0.4) is 0 Å². The number of rotatable bonds is 9. The number of benzene rings is 3. The van der Waals surface area contributed by atoms with E-state index in [1.54, 1.807) is 42.5 Å². The lowest BCUT2D eigenvalue weighted by Gasteiger charge is -2.11. The molecule has 0 saturated heterocycles. The second-order valence-electron chi connectivity index (χ2n) is 6.99. The number of Topliss-reactive ketones (excluding diaryl/α,β-unsaturated/α-hetero) is 1. The zero-order chi connectivity index (χ0) is 23.1. The number of nitrogens with one attached hydrogen (secondary N) is 2. The molecule has 0 bridgehead atoms. The minimum atomic E-state index is -3.73. The molecule has 0 radical (unpaired) electrons. The summed E-state index contributed by atoms with van der Waals surface area (Å²) in [4.78, 5) is 24.0. The summed E-state index contributed by atoms with van der Waals surface area (Å²) in [5, 5.41) is 2.82. The second-order valence-corrected chi connectivity index (χ2v) is 8.75. The van der Waals surface area contributed by atoms with Crippen LogP contribution in [0.5, 0.6) is 5.75 Å². The van der Waals surface area contributed by atoms with Crippen LogP contribution in [0.1, 0.15) is 40.1 Å². The zero-order valence-corrected chi connectivity index (χ0v) is 18.6. The first-order chi connectivity index (χ1) is 15.3. The van der Waals surface area contributed by atoms with Crippen LogP contribution in [-0.2, 0) is 16.6 Å². The van der Waals surface area contributed by atoms with E-state index in [9.17, 15) is 18.0 Å². The summed E-state index contributed by atoms with van der Waals surface area (Å²) in [6.07, 6.45) is 0. The Kier molecular flexibility index (Phi) is 7.40. The summed E-state index contributed by atoms with van der Waals surface area (Å²) in [5.74, 6) is 0.160. The van der Waals surface area contributed by atoms with Crippen molar-refractivity contribution in [2.24, 2.45) is 0 Å². The van der Waals surface area contributed by atoms with E-state index in [0.29, 0.717) is 34.7 Å². The Morgan fingerprint density at radius 3 is 2.12 bits per heavy atom. The Bertz CT molecular complexity index is 1200. The van der Waals surface area contributed by atoms with Crippen molar-refractivity contribution >= 4 is 27.4 Å². The molecule has 3 rings (SSSR count). The second kappa shape index (κ2) is 10.2. The van der Waals surface area contributed by atoms with Crippen LogP contribution in [0.2, 0.25) is 0 Å². The van der Waals surface area contributed by atoms with Gasteiger partial charge in [0.15, 0.2) is 5.78 Å². The molecule has 0 saturated carbocycles. The number of anilines is 1. The summed E-state index contributed by atoms with van der Waals surface area (Å²) in [6.45, 7) is 3.83. The van der Waals surface area contributed by atoms with Crippen LogP contribution in [0.4, 0.5) is 5.69 Å². The van der Waals surface area contributed by atoms with Gasteiger partial charge in [0.25, 0.3) is 5.91 Å². The largest absolute Gasteiger partial charge is 0.492 e. The minimum absolute atomic E-state index is 0.0614. The molecule has 0 atom stereocenters. The van der Waals surface area contributed by atoms with Gasteiger partial charge >= 0.3 is 0 Å². The van der Waals surface area contributed by atoms with Gasteiger partial charge in [-0.1, -0.05) is 36.4 Å². The summed E-state index contributed by atoms with van der Waals surface area (Å²) in [5.41, 5.74) is 2.15. The standard InChI is InChI=1S/C24H24N2O5S/c1-3-31-23-7-5-4-6-22(23)26-24(28)20-10-8-18(9-11-20)16-25-32(29,30)21-14-12-19(13-15-21)17(2)27/h4-15,25H,3,16H2,1-2H3,(H,26,28). The highest BCUT2D eigenvalue weighted by atomic mass is 32.2. The molecule has 0 aliphatic carbocycles. The lowest BCUT2D eigenvalue weighted by atomic mass is 10.1. The van der Waals surface area contributed by atoms with Crippen LogP contribution in [0.25, 0.3) is 0 Å². The molecule has 0 fully saturated rings. The Morgan fingerprint density at radius 1 is 0.875 bits per heavy atom. The Hall–Kier alpha value is -3.49. The molecule has 0 aromatic heterocycles. The van der Waals surface area contributed by atoms with Crippen molar-refractivity contribution in [3.63, 3.8) is 0 Å². The van der Waals surface area contributed by atoms with Gasteiger partial charge in [-0.15, -0.1) is 0 Å². The van der Waals surface area contributed by atoms with Gasteiger partial charge in [0.1, 0.15) is 5.75 Å². The van der Waals surface area contributed by atoms with Crippen LogP contribution in [0.15, 0.2) is 77.7 Å². The maximum Gasteiger partial charge on any atom is 0.255 e. The number of amides is 1. The smallest absolute Gasteiger partial charge is 0.255 e. The van der Waals surface area contributed by atoms with Crippen molar-refractivity contribution in [1.29, 1.82) is 0 Å². The molecule has 2 N–H and O–H groups in total. The highest BCUT2D eigenvalue weighted by Crippen LogP contribution is 2.24. The van der Waals surface area contributed by atoms with Crippen molar-refractivity contribution in [3.05, 3.63) is 89.5 Å². The number of ketones is 1. The predicted molar refractivity (Wildman–Crippen MR) is 122 cm³/mol. The molecule has 0 heterocycles. The quantitative estimate of drug-likeness (QED) is 0.478. The van der Waals surface area contributed by atoms with Crippen LogP contribution >= 0.6 is 0 Å². The molecule has 32 heavy (non-hydrogen) atoms. The molecule has 0 aliphatic heterocycles. The molecule has 0 aliphatic rings. The molecule has 3 aromatic carbocycles.